The smallest absolute Gasteiger partial charge is 0.264 e. The minimum atomic E-state index is -0.309. The lowest BCUT2D eigenvalue weighted by Crippen LogP contribution is -2.42. The summed E-state index contributed by atoms with van der Waals surface area (Å²) in [4.78, 5) is 33.3. The second kappa shape index (κ2) is 10.9. The van der Waals surface area contributed by atoms with Crippen molar-refractivity contribution in [1.82, 2.24) is 14.5 Å². The van der Waals surface area contributed by atoms with Crippen molar-refractivity contribution in [2.24, 2.45) is 0 Å². The first-order valence-electron chi connectivity index (χ1n) is 12.0. The number of nitrogens with zero attached hydrogens (tertiary/aromatic N) is 3. The number of ether oxygens (including phenoxy) is 1. The molecule has 0 spiro atoms. The lowest BCUT2D eigenvalue weighted by atomic mass is 10.2. The summed E-state index contributed by atoms with van der Waals surface area (Å²) in [5.74, 6) is -0.0673. The zero-order valence-electron chi connectivity index (χ0n) is 20.1. The van der Waals surface area contributed by atoms with E-state index in [4.69, 9.17) is 9.72 Å². The Morgan fingerprint density at radius 2 is 1.92 bits per heavy atom. The quantitative estimate of drug-likeness (QED) is 0.362. The molecule has 0 saturated carbocycles. The number of aromatic nitrogens is 2. The average Bonchev–Trinajstić information content (AvgIpc) is 3.67. The van der Waals surface area contributed by atoms with Crippen LogP contribution in [0, 0.1) is 6.92 Å². The Labute approximate surface area is 214 Å². The number of benzene rings is 2. The maximum absolute atomic E-state index is 13.3. The third-order valence-electron chi connectivity index (χ3n) is 6.14. The SMILES string of the molecule is Cc1ccc(-n2cc(-c3ccccc3)nc2NC(=O)CN(CC2CCCO2)C(=O)c2cccs2)cc1. The number of thiophene rings is 1. The Kier molecular flexibility index (Phi) is 7.25. The molecule has 4 aromatic rings. The van der Waals surface area contributed by atoms with E-state index in [0.717, 1.165) is 35.3 Å². The molecule has 2 amide bonds. The maximum atomic E-state index is 13.3. The molecule has 1 aliphatic heterocycles. The van der Waals surface area contributed by atoms with Gasteiger partial charge in [0.05, 0.1) is 16.7 Å². The van der Waals surface area contributed by atoms with Crippen molar-refractivity contribution in [3.05, 3.63) is 88.7 Å². The molecule has 0 bridgehead atoms. The largest absolute Gasteiger partial charge is 0.376 e. The van der Waals surface area contributed by atoms with Crippen molar-refractivity contribution in [2.75, 3.05) is 25.0 Å². The summed E-state index contributed by atoms with van der Waals surface area (Å²) in [7, 11) is 0. The van der Waals surface area contributed by atoms with Crippen molar-refractivity contribution in [1.29, 1.82) is 0 Å². The van der Waals surface area contributed by atoms with Crippen LogP contribution in [0.5, 0.6) is 0 Å². The molecule has 1 N–H and O–H groups in total. The van der Waals surface area contributed by atoms with Gasteiger partial charge < -0.3 is 9.64 Å². The van der Waals surface area contributed by atoms with Gasteiger partial charge in [0.2, 0.25) is 11.9 Å². The maximum Gasteiger partial charge on any atom is 0.264 e. The normalized spacial score (nSPS) is 15.1. The molecule has 2 aromatic carbocycles. The Morgan fingerprint density at radius 1 is 1.11 bits per heavy atom. The monoisotopic (exact) mass is 500 g/mol. The summed E-state index contributed by atoms with van der Waals surface area (Å²) >= 11 is 1.37. The summed E-state index contributed by atoms with van der Waals surface area (Å²) in [6.45, 7) is 3.01. The number of carbonyl (C=O) groups is 2. The molecule has 1 unspecified atom stereocenters. The second-order valence-electron chi connectivity index (χ2n) is 8.87. The summed E-state index contributed by atoms with van der Waals surface area (Å²) in [5, 5.41) is 4.81. The van der Waals surface area contributed by atoms with Gasteiger partial charge in [-0.25, -0.2) is 4.98 Å². The Bertz CT molecular complexity index is 1310. The van der Waals surface area contributed by atoms with E-state index < -0.39 is 0 Å². The van der Waals surface area contributed by atoms with Gasteiger partial charge in [0, 0.05) is 30.6 Å². The molecule has 3 heterocycles. The lowest BCUT2D eigenvalue weighted by molar-refractivity contribution is -0.117. The van der Waals surface area contributed by atoms with Crippen LogP contribution >= 0.6 is 11.3 Å². The highest BCUT2D eigenvalue weighted by Crippen LogP contribution is 2.25. The fourth-order valence-electron chi connectivity index (χ4n) is 4.27. The molecular formula is C28H28N4O3S. The summed E-state index contributed by atoms with van der Waals surface area (Å²) in [6, 6.07) is 21.5. The summed E-state index contributed by atoms with van der Waals surface area (Å²) in [6.07, 6.45) is 3.71. The molecule has 0 radical (unpaired) electrons. The number of carbonyl (C=O) groups excluding carboxylic acids is 2. The van der Waals surface area contributed by atoms with Crippen LogP contribution < -0.4 is 5.32 Å². The number of hydrogen-bond acceptors (Lipinski definition) is 5. The van der Waals surface area contributed by atoms with E-state index in [1.807, 2.05) is 83.7 Å². The molecule has 2 aromatic heterocycles. The van der Waals surface area contributed by atoms with Gasteiger partial charge in [-0.1, -0.05) is 54.1 Å². The van der Waals surface area contributed by atoms with Crippen molar-refractivity contribution in [3.63, 3.8) is 0 Å². The summed E-state index contributed by atoms with van der Waals surface area (Å²) < 4.78 is 7.62. The van der Waals surface area contributed by atoms with Crippen LogP contribution in [0.1, 0.15) is 28.1 Å². The van der Waals surface area contributed by atoms with Gasteiger partial charge in [-0.2, -0.15) is 0 Å². The number of rotatable bonds is 8. The third-order valence-corrected chi connectivity index (χ3v) is 7.00. The van der Waals surface area contributed by atoms with Crippen molar-refractivity contribution in [2.45, 2.75) is 25.9 Å². The standard InChI is InChI=1S/C28H28N4O3S/c1-20-11-13-22(14-12-20)32-18-24(21-7-3-2-4-8-21)29-28(32)30-26(33)19-31(17-23-9-5-15-35-23)27(34)25-10-6-16-36-25/h2-4,6-8,10-14,16,18,23H,5,9,15,17,19H2,1H3,(H,29,30,33). The number of aryl methyl sites for hydroxylation is 1. The molecule has 1 saturated heterocycles. The van der Waals surface area contributed by atoms with Crippen LogP contribution in [0.4, 0.5) is 5.95 Å². The fourth-order valence-corrected chi connectivity index (χ4v) is 4.96. The fraction of sp³-hybridized carbons (Fsp3) is 0.250. The predicted octanol–water partition coefficient (Wildman–Crippen LogP) is 5.17. The molecule has 1 aliphatic rings. The van der Waals surface area contributed by atoms with Gasteiger partial charge in [-0.3, -0.25) is 19.5 Å². The van der Waals surface area contributed by atoms with E-state index in [2.05, 4.69) is 5.32 Å². The molecule has 7 nitrogen and oxygen atoms in total. The number of anilines is 1. The predicted molar refractivity (Wildman–Crippen MR) is 142 cm³/mol. The zero-order chi connectivity index (χ0) is 24.9. The Balaban J connectivity index is 1.40. The molecule has 0 aliphatic carbocycles. The molecule has 1 fully saturated rings. The highest BCUT2D eigenvalue weighted by atomic mass is 32.1. The minimum absolute atomic E-state index is 0.0547. The molecule has 5 rings (SSSR count). The first kappa shape index (κ1) is 24.0. The highest BCUT2D eigenvalue weighted by molar-refractivity contribution is 7.12. The van der Waals surface area contributed by atoms with Crippen LogP contribution in [0.3, 0.4) is 0 Å². The van der Waals surface area contributed by atoms with Gasteiger partial charge in [-0.05, 0) is 43.3 Å². The number of amides is 2. The van der Waals surface area contributed by atoms with Crippen LogP contribution in [0.25, 0.3) is 16.9 Å². The third kappa shape index (κ3) is 5.56. The van der Waals surface area contributed by atoms with Gasteiger partial charge in [0.1, 0.15) is 6.54 Å². The van der Waals surface area contributed by atoms with Crippen molar-refractivity contribution >= 4 is 29.1 Å². The second-order valence-corrected chi connectivity index (χ2v) is 9.82. The topological polar surface area (TPSA) is 76.5 Å². The lowest BCUT2D eigenvalue weighted by Gasteiger charge is -2.24. The van der Waals surface area contributed by atoms with E-state index in [9.17, 15) is 9.59 Å². The summed E-state index contributed by atoms with van der Waals surface area (Å²) in [5.41, 5.74) is 3.73. The van der Waals surface area contributed by atoms with Crippen LogP contribution in [0.2, 0.25) is 0 Å². The van der Waals surface area contributed by atoms with E-state index >= 15 is 0 Å². The van der Waals surface area contributed by atoms with Crippen molar-refractivity contribution in [3.8, 4) is 16.9 Å². The van der Waals surface area contributed by atoms with Crippen LogP contribution in [-0.4, -0.2) is 52.1 Å². The molecule has 36 heavy (non-hydrogen) atoms. The van der Waals surface area contributed by atoms with Crippen molar-refractivity contribution < 1.29 is 14.3 Å². The Morgan fingerprint density at radius 3 is 2.61 bits per heavy atom. The molecule has 8 heteroatoms. The highest BCUT2D eigenvalue weighted by Gasteiger charge is 2.26. The van der Waals surface area contributed by atoms with Gasteiger partial charge in [0.15, 0.2) is 0 Å². The minimum Gasteiger partial charge on any atom is -0.376 e. The van der Waals surface area contributed by atoms with Gasteiger partial charge in [0.25, 0.3) is 5.91 Å². The van der Waals surface area contributed by atoms with Crippen LogP contribution in [-0.2, 0) is 9.53 Å². The first-order chi connectivity index (χ1) is 17.6. The van der Waals surface area contributed by atoms with E-state index in [0.29, 0.717) is 24.0 Å². The molecule has 1 atom stereocenters. The number of hydrogen-bond donors (Lipinski definition) is 1. The van der Waals surface area contributed by atoms with E-state index in [1.54, 1.807) is 11.0 Å². The number of imidazole rings is 1. The molecule has 184 valence electrons. The number of nitrogens with one attached hydrogen (secondary N) is 1. The van der Waals surface area contributed by atoms with Gasteiger partial charge >= 0.3 is 0 Å². The van der Waals surface area contributed by atoms with Crippen LogP contribution in [0.15, 0.2) is 78.3 Å². The first-order valence-corrected chi connectivity index (χ1v) is 12.9. The molecular weight excluding hydrogens is 472 g/mol. The average molecular weight is 501 g/mol. The zero-order valence-corrected chi connectivity index (χ0v) is 20.9. The van der Waals surface area contributed by atoms with Gasteiger partial charge in [-0.15, -0.1) is 11.3 Å². The Hall–Kier alpha value is -3.75. The van der Waals surface area contributed by atoms with E-state index in [1.165, 1.54) is 11.3 Å². The van der Waals surface area contributed by atoms with E-state index in [-0.39, 0.29) is 24.5 Å².